The van der Waals surface area contributed by atoms with Crippen LogP contribution in [-0.2, 0) is 0 Å². The summed E-state index contributed by atoms with van der Waals surface area (Å²) in [4.78, 5) is 18.1. The molecule has 17 heavy (non-hydrogen) atoms. The summed E-state index contributed by atoms with van der Waals surface area (Å²) >= 11 is 1.60. The highest BCUT2D eigenvalue weighted by molar-refractivity contribution is 7.13. The van der Waals surface area contributed by atoms with E-state index in [9.17, 15) is 4.79 Å². The summed E-state index contributed by atoms with van der Waals surface area (Å²) < 4.78 is 0. The largest absolute Gasteiger partial charge is 0.345 e. The molecule has 0 aromatic carbocycles. The zero-order valence-corrected chi connectivity index (χ0v) is 11.4. The molecule has 0 bridgehead atoms. The number of nitrogens with zero attached hydrogens (tertiary/aromatic N) is 2. The van der Waals surface area contributed by atoms with Crippen LogP contribution >= 0.6 is 11.3 Å². The number of hydrogen-bond acceptors (Lipinski definition) is 4. The number of thiazole rings is 1. The molecular weight excluding hydrogens is 232 g/mol. The minimum Gasteiger partial charge on any atom is -0.345 e. The minimum atomic E-state index is 0.0622. The van der Waals surface area contributed by atoms with E-state index in [1.54, 1.807) is 18.3 Å². The zero-order chi connectivity index (χ0) is 12.3. The summed E-state index contributed by atoms with van der Waals surface area (Å²) in [5, 5.41) is 2.90. The first-order chi connectivity index (χ1) is 8.22. The molecule has 0 amide bonds. The highest BCUT2D eigenvalue weighted by Crippen LogP contribution is 2.29. The van der Waals surface area contributed by atoms with Crippen molar-refractivity contribution in [2.24, 2.45) is 0 Å². The average Bonchev–Trinajstić information content (AvgIpc) is 2.81. The lowest BCUT2D eigenvalue weighted by Crippen LogP contribution is -2.36. The van der Waals surface area contributed by atoms with E-state index < -0.39 is 0 Å². The number of anilines is 1. The Labute approximate surface area is 107 Å². The monoisotopic (exact) mass is 252 g/mol. The molecule has 0 N–H and O–H groups in total. The smallest absolute Gasteiger partial charge is 0.186 e. The quantitative estimate of drug-likeness (QED) is 0.769. The molecule has 1 heterocycles. The van der Waals surface area contributed by atoms with Gasteiger partial charge in [0.2, 0.25) is 0 Å². The number of ketones is 1. The van der Waals surface area contributed by atoms with E-state index in [0.29, 0.717) is 11.7 Å². The Hall–Kier alpha value is -0.900. The molecule has 1 aromatic rings. The lowest BCUT2D eigenvalue weighted by atomic mass is 9.94. The Morgan fingerprint density at radius 1 is 1.47 bits per heavy atom. The van der Waals surface area contributed by atoms with Gasteiger partial charge in [-0.3, -0.25) is 4.79 Å². The zero-order valence-electron chi connectivity index (χ0n) is 10.6. The lowest BCUT2D eigenvalue weighted by molar-refractivity contribution is 0.101. The summed E-state index contributed by atoms with van der Waals surface area (Å²) in [6, 6.07) is 0.625. The molecule has 0 saturated heterocycles. The number of Topliss-reactive ketones (excluding diaryl/α,β-unsaturated/α-hetero) is 1. The van der Waals surface area contributed by atoms with Gasteiger partial charge in [-0.25, -0.2) is 4.98 Å². The second-order valence-corrected chi connectivity index (χ2v) is 5.49. The number of rotatable bonds is 4. The van der Waals surface area contributed by atoms with E-state index in [1.165, 1.54) is 32.1 Å². The van der Waals surface area contributed by atoms with Crippen LogP contribution in [0.4, 0.5) is 5.13 Å². The van der Waals surface area contributed by atoms with Crippen molar-refractivity contribution in [2.45, 2.75) is 52.0 Å². The van der Waals surface area contributed by atoms with Gasteiger partial charge in [-0.15, -0.1) is 11.3 Å². The topological polar surface area (TPSA) is 33.2 Å². The Balaban J connectivity index is 2.12. The molecule has 1 aliphatic carbocycles. The molecule has 0 spiro atoms. The first-order valence-corrected chi connectivity index (χ1v) is 7.33. The predicted octanol–water partition coefficient (Wildman–Crippen LogP) is 3.50. The van der Waals surface area contributed by atoms with Crippen LogP contribution in [0.25, 0.3) is 0 Å². The maximum absolute atomic E-state index is 11.3. The maximum atomic E-state index is 11.3. The van der Waals surface area contributed by atoms with E-state index in [2.05, 4.69) is 16.8 Å². The normalized spacial score (nSPS) is 17.1. The summed E-state index contributed by atoms with van der Waals surface area (Å²) in [5.74, 6) is 0.0622. The molecule has 1 aromatic heterocycles. The van der Waals surface area contributed by atoms with Crippen LogP contribution in [0.3, 0.4) is 0 Å². The number of carbonyl (C=O) groups is 1. The molecule has 4 heteroatoms. The molecule has 0 aliphatic heterocycles. The maximum Gasteiger partial charge on any atom is 0.186 e. The summed E-state index contributed by atoms with van der Waals surface area (Å²) in [6.07, 6.45) is 6.55. The fourth-order valence-corrected chi connectivity index (χ4v) is 3.50. The number of hydrogen-bond donors (Lipinski definition) is 0. The second kappa shape index (κ2) is 5.63. The van der Waals surface area contributed by atoms with Crippen molar-refractivity contribution < 1.29 is 4.79 Å². The number of aromatic nitrogens is 1. The van der Waals surface area contributed by atoms with Gasteiger partial charge in [-0.1, -0.05) is 19.3 Å². The first-order valence-electron chi connectivity index (χ1n) is 6.45. The van der Waals surface area contributed by atoms with Crippen molar-refractivity contribution in [3.63, 3.8) is 0 Å². The van der Waals surface area contributed by atoms with Gasteiger partial charge in [-0.05, 0) is 19.8 Å². The van der Waals surface area contributed by atoms with Crippen molar-refractivity contribution >= 4 is 22.3 Å². The molecule has 0 unspecified atom stereocenters. The van der Waals surface area contributed by atoms with Crippen molar-refractivity contribution in [2.75, 3.05) is 11.4 Å². The number of carbonyl (C=O) groups excluding carboxylic acids is 1. The summed E-state index contributed by atoms with van der Waals surface area (Å²) in [5.41, 5.74) is 0.610. The van der Waals surface area contributed by atoms with Crippen molar-refractivity contribution in [3.8, 4) is 0 Å². The van der Waals surface area contributed by atoms with E-state index >= 15 is 0 Å². The standard InChI is InChI=1S/C13H20N2OS/c1-3-15(11-7-5-4-6-8-11)13-14-12(9-17-13)10(2)16/h9,11H,3-8H2,1-2H3. The highest BCUT2D eigenvalue weighted by atomic mass is 32.1. The fraction of sp³-hybridized carbons (Fsp3) is 0.692. The average molecular weight is 252 g/mol. The third kappa shape index (κ3) is 2.86. The van der Waals surface area contributed by atoms with Crippen LogP contribution in [0.5, 0.6) is 0 Å². The van der Waals surface area contributed by atoms with Crippen LogP contribution in [0.15, 0.2) is 5.38 Å². The highest BCUT2D eigenvalue weighted by Gasteiger charge is 2.22. The van der Waals surface area contributed by atoms with Crippen LogP contribution in [0.1, 0.15) is 56.4 Å². The lowest BCUT2D eigenvalue weighted by Gasteiger charge is -2.33. The van der Waals surface area contributed by atoms with Gasteiger partial charge in [0.25, 0.3) is 0 Å². The van der Waals surface area contributed by atoms with E-state index in [4.69, 9.17) is 0 Å². The fourth-order valence-electron chi connectivity index (χ4n) is 2.50. The Morgan fingerprint density at radius 3 is 2.71 bits per heavy atom. The summed E-state index contributed by atoms with van der Waals surface area (Å²) in [7, 11) is 0. The first kappa shape index (κ1) is 12.6. The second-order valence-electron chi connectivity index (χ2n) is 4.65. The van der Waals surface area contributed by atoms with Gasteiger partial charge >= 0.3 is 0 Å². The van der Waals surface area contributed by atoms with Crippen molar-refractivity contribution in [3.05, 3.63) is 11.1 Å². The van der Waals surface area contributed by atoms with E-state index in [-0.39, 0.29) is 5.78 Å². The molecular formula is C13H20N2OS. The van der Waals surface area contributed by atoms with Crippen LogP contribution in [0.2, 0.25) is 0 Å². The minimum absolute atomic E-state index is 0.0622. The van der Waals surface area contributed by atoms with Gasteiger partial charge in [0.05, 0.1) is 0 Å². The molecule has 3 nitrogen and oxygen atoms in total. The molecule has 94 valence electrons. The van der Waals surface area contributed by atoms with E-state index in [0.717, 1.165) is 11.7 Å². The van der Waals surface area contributed by atoms with Gasteiger partial charge in [0, 0.05) is 24.9 Å². The molecule has 1 saturated carbocycles. The summed E-state index contributed by atoms with van der Waals surface area (Å²) in [6.45, 7) is 4.73. The van der Waals surface area contributed by atoms with Crippen LogP contribution in [-0.4, -0.2) is 23.4 Å². The molecule has 2 rings (SSSR count). The Kier molecular flexibility index (Phi) is 4.15. The van der Waals surface area contributed by atoms with Gasteiger partial charge < -0.3 is 4.90 Å². The molecule has 1 fully saturated rings. The third-order valence-electron chi connectivity index (χ3n) is 3.45. The molecule has 0 atom stereocenters. The van der Waals surface area contributed by atoms with Crippen LogP contribution < -0.4 is 4.90 Å². The molecule has 0 radical (unpaired) electrons. The third-order valence-corrected chi connectivity index (χ3v) is 4.33. The Morgan fingerprint density at radius 2 is 2.18 bits per heavy atom. The van der Waals surface area contributed by atoms with Crippen molar-refractivity contribution in [1.82, 2.24) is 4.98 Å². The van der Waals surface area contributed by atoms with Gasteiger partial charge in [0.15, 0.2) is 10.9 Å². The SMILES string of the molecule is CCN(c1nc(C(C)=O)cs1)C1CCCCC1. The van der Waals surface area contributed by atoms with Gasteiger partial charge in [-0.2, -0.15) is 0 Å². The van der Waals surface area contributed by atoms with Crippen LogP contribution in [0, 0.1) is 0 Å². The van der Waals surface area contributed by atoms with Crippen molar-refractivity contribution in [1.29, 1.82) is 0 Å². The van der Waals surface area contributed by atoms with Gasteiger partial charge in [0.1, 0.15) is 5.69 Å². The Bertz CT molecular complexity index is 383. The van der Waals surface area contributed by atoms with E-state index in [1.807, 2.05) is 5.38 Å². The predicted molar refractivity (Wildman–Crippen MR) is 72.0 cm³/mol. The molecule has 1 aliphatic rings.